The molecule has 3 aromatic rings. The molecule has 1 heterocycles. The molecule has 0 spiro atoms. The van der Waals surface area contributed by atoms with Gasteiger partial charge in [0.05, 0.1) is 30.0 Å². The number of nitrogens with zero attached hydrogens (tertiary/aromatic N) is 2. The minimum absolute atomic E-state index is 0.355. The Bertz CT molecular complexity index is 1020. The first-order valence-corrected chi connectivity index (χ1v) is 9.36. The molecule has 1 aromatic heterocycles. The van der Waals surface area contributed by atoms with Crippen LogP contribution in [0.4, 0.5) is 0 Å². The molecule has 0 radical (unpaired) electrons. The number of fused-ring (bicyclic) bond motifs is 1. The first kappa shape index (κ1) is 18.5. The number of benzene rings is 2. The second kappa shape index (κ2) is 7.93. The number of carbonyl (C=O) groups excluding carboxylic acids is 1. The van der Waals surface area contributed by atoms with E-state index in [0.717, 1.165) is 23.2 Å². The second-order valence-electron chi connectivity index (χ2n) is 5.63. The van der Waals surface area contributed by atoms with E-state index in [9.17, 15) is 4.79 Å². The highest BCUT2D eigenvalue weighted by Crippen LogP contribution is 2.26. The number of aryl methyl sites for hydroxylation is 1. The molecule has 3 rings (SSSR count). The number of hydrogen-bond donors (Lipinski definition) is 0. The average molecular weight is 391 g/mol. The molecule has 0 saturated heterocycles. The zero-order valence-electron chi connectivity index (χ0n) is 14.8. The van der Waals surface area contributed by atoms with Crippen LogP contribution in [0.25, 0.3) is 10.2 Å². The number of hydrogen-bond acceptors (Lipinski definition) is 4. The van der Waals surface area contributed by atoms with Crippen LogP contribution in [0, 0.1) is 0 Å². The third kappa shape index (κ3) is 3.61. The lowest BCUT2D eigenvalue weighted by molar-refractivity contribution is 0.0995. The van der Waals surface area contributed by atoms with Crippen molar-refractivity contribution in [1.29, 1.82) is 0 Å². The lowest BCUT2D eigenvalue weighted by Gasteiger charge is -2.07. The maximum Gasteiger partial charge on any atom is 0.283 e. The molecule has 0 atom stereocenters. The van der Waals surface area contributed by atoms with Crippen LogP contribution in [0.3, 0.4) is 0 Å². The van der Waals surface area contributed by atoms with E-state index in [0.29, 0.717) is 26.9 Å². The van der Waals surface area contributed by atoms with Gasteiger partial charge in [0.15, 0.2) is 4.80 Å². The molecule has 136 valence electrons. The van der Waals surface area contributed by atoms with Gasteiger partial charge < -0.3 is 14.0 Å². The summed E-state index contributed by atoms with van der Waals surface area (Å²) in [5, 5.41) is 0.664. The first-order valence-electron chi connectivity index (χ1n) is 8.17. The number of aromatic nitrogens is 1. The van der Waals surface area contributed by atoms with Gasteiger partial charge in [-0.25, -0.2) is 0 Å². The van der Waals surface area contributed by atoms with Gasteiger partial charge in [-0.15, -0.1) is 0 Å². The zero-order valence-corrected chi connectivity index (χ0v) is 16.4. The van der Waals surface area contributed by atoms with Gasteiger partial charge in [0, 0.05) is 17.6 Å². The minimum Gasteiger partial charge on any atom is -0.497 e. The molecule has 2 aromatic carbocycles. The molecule has 1 amide bonds. The van der Waals surface area contributed by atoms with E-state index in [4.69, 9.17) is 21.1 Å². The Hall–Kier alpha value is -2.31. The van der Waals surface area contributed by atoms with Crippen LogP contribution in [0.5, 0.6) is 11.5 Å². The summed E-state index contributed by atoms with van der Waals surface area (Å²) in [6.45, 7) is 2.86. The van der Waals surface area contributed by atoms with Gasteiger partial charge in [0.2, 0.25) is 0 Å². The Balaban J connectivity index is 2.12. The highest BCUT2D eigenvalue weighted by Gasteiger charge is 2.14. The van der Waals surface area contributed by atoms with Gasteiger partial charge >= 0.3 is 0 Å². The highest BCUT2D eigenvalue weighted by atomic mass is 35.5. The van der Waals surface area contributed by atoms with Crippen LogP contribution in [0.2, 0.25) is 5.02 Å². The summed E-state index contributed by atoms with van der Waals surface area (Å²) in [5.74, 6) is 0.701. The quantitative estimate of drug-likeness (QED) is 0.643. The van der Waals surface area contributed by atoms with Crippen molar-refractivity contribution in [3.8, 4) is 11.5 Å². The predicted octanol–water partition coefficient (Wildman–Crippen LogP) is 4.52. The lowest BCUT2D eigenvalue weighted by Crippen LogP contribution is -2.17. The van der Waals surface area contributed by atoms with Crippen molar-refractivity contribution in [3.05, 3.63) is 51.8 Å². The Morgan fingerprint density at radius 1 is 1.19 bits per heavy atom. The third-order valence-corrected chi connectivity index (χ3v) is 5.20. The maximum atomic E-state index is 12.8. The summed E-state index contributed by atoms with van der Waals surface area (Å²) in [7, 11) is 3.08. The van der Waals surface area contributed by atoms with Crippen LogP contribution in [-0.2, 0) is 6.54 Å². The topological polar surface area (TPSA) is 52.8 Å². The van der Waals surface area contributed by atoms with Crippen molar-refractivity contribution < 1.29 is 14.3 Å². The van der Waals surface area contributed by atoms with E-state index in [2.05, 4.69) is 11.9 Å². The highest BCUT2D eigenvalue weighted by molar-refractivity contribution is 7.16. The predicted molar refractivity (Wildman–Crippen MR) is 105 cm³/mol. The fourth-order valence-electron chi connectivity index (χ4n) is 2.69. The molecule has 0 unspecified atom stereocenters. The lowest BCUT2D eigenvalue weighted by atomic mass is 10.2. The molecule has 0 bridgehead atoms. The number of ether oxygens (including phenoxy) is 2. The largest absolute Gasteiger partial charge is 0.497 e. The molecular formula is C19H19ClN2O3S. The van der Waals surface area contributed by atoms with Crippen molar-refractivity contribution in [2.75, 3.05) is 14.2 Å². The van der Waals surface area contributed by atoms with Crippen LogP contribution >= 0.6 is 22.9 Å². The molecule has 0 aliphatic heterocycles. The number of halogens is 1. The van der Waals surface area contributed by atoms with Crippen LogP contribution in [0.1, 0.15) is 23.7 Å². The molecule has 0 fully saturated rings. The van der Waals surface area contributed by atoms with E-state index in [1.165, 1.54) is 18.4 Å². The summed E-state index contributed by atoms with van der Waals surface area (Å²) < 4.78 is 13.5. The normalized spacial score (nSPS) is 11.8. The second-order valence-corrected chi connectivity index (χ2v) is 7.08. The summed E-state index contributed by atoms with van der Waals surface area (Å²) in [6.07, 6.45) is 0.932. The van der Waals surface area contributed by atoms with Crippen LogP contribution < -0.4 is 14.3 Å². The van der Waals surface area contributed by atoms with Crippen molar-refractivity contribution in [3.63, 3.8) is 0 Å². The van der Waals surface area contributed by atoms with E-state index < -0.39 is 0 Å². The number of carbonyl (C=O) groups is 1. The van der Waals surface area contributed by atoms with E-state index in [1.54, 1.807) is 25.3 Å². The maximum absolute atomic E-state index is 12.8. The van der Waals surface area contributed by atoms with Crippen molar-refractivity contribution in [1.82, 2.24) is 4.57 Å². The molecule has 0 N–H and O–H groups in total. The smallest absolute Gasteiger partial charge is 0.283 e. The fourth-order valence-corrected chi connectivity index (χ4v) is 4.02. The van der Waals surface area contributed by atoms with Gasteiger partial charge in [0.25, 0.3) is 5.91 Å². The Labute approximate surface area is 160 Å². The average Bonchev–Trinajstić information content (AvgIpc) is 2.97. The molecule has 7 heteroatoms. The van der Waals surface area contributed by atoms with Crippen molar-refractivity contribution in [2.24, 2.45) is 4.99 Å². The molecule has 0 saturated carbocycles. The van der Waals surface area contributed by atoms with Crippen molar-refractivity contribution >= 4 is 39.1 Å². The third-order valence-electron chi connectivity index (χ3n) is 3.93. The minimum atomic E-state index is -0.355. The van der Waals surface area contributed by atoms with E-state index >= 15 is 0 Å². The Morgan fingerprint density at radius 2 is 2.00 bits per heavy atom. The standard InChI is InChI=1S/C19H19ClN2O3S/c1-4-9-22-15-8-5-12(20)10-17(15)26-19(22)21-18(23)14-7-6-13(24-2)11-16(14)25-3/h5-8,10-11H,4,9H2,1-3H3. The van der Waals surface area contributed by atoms with Gasteiger partial charge in [-0.1, -0.05) is 29.9 Å². The monoisotopic (exact) mass is 390 g/mol. The summed E-state index contributed by atoms with van der Waals surface area (Å²) in [4.78, 5) is 17.8. The number of rotatable bonds is 5. The SMILES string of the molecule is CCCn1c(=NC(=O)c2ccc(OC)cc2OC)sc2cc(Cl)ccc21. The molecule has 26 heavy (non-hydrogen) atoms. The first-order chi connectivity index (χ1) is 12.6. The number of thiazole rings is 1. The van der Waals surface area contributed by atoms with Crippen LogP contribution in [-0.4, -0.2) is 24.7 Å². The van der Waals surface area contributed by atoms with E-state index in [-0.39, 0.29) is 5.91 Å². The van der Waals surface area contributed by atoms with Crippen molar-refractivity contribution in [2.45, 2.75) is 19.9 Å². The Kier molecular flexibility index (Phi) is 5.64. The molecule has 0 aliphatic rings. The number of amides is 1. The van der Waals surface area contributed by atoms with Gasteiger partial charge in [0.1, 0.15) is 11.5 Å². The molecular weight excluding hydrogens is 372 g/mol. The van der Waals surface area contributed by atoms with E-state index in [1.807, 2.05) is 22.8 Å². The van der Waals surface area contributed by atoms with Gasteiger partial charge in [-0.2, -0.15) is 4.99 Å². The fraction of sp³-hybridized carbons (Fsp3) is 0.263. The number of methoxy groups -OCH3 is 2. The molecule has 0 aliphatic carbocycles. The van der Waals surface area contributed by atoms with Crippen LogP contribution in [0.15, 0.2) is 41.4 Å². The summed E-state index contributed by atoms with van der Waals surface area (Å²) in [6, 6.07) is 10.8. The molecule has 5 nitrogen and oxygen atoms in total. The Morgan fingerprint density at radius 3 is 2.69 bits per heavy atom. The summed E-state index contributed by atoms with van der Waals surface area (Å²) >= 11 is 7.55. The zero-order chi connectivity index (χ0) is 18.7. The summed E-state index contributed by atoms with van der Waals surface area (Å²) in [5.41, 5.74) is 1.42. The van der Waals surface area contributed by atoms with Gasteiger partial charge in [-0.3, -0.25) is 4.79 Å². The van der Waals surface area contributed by atoms with Gasteiger partial charge in [-0.05, 0) is 36.8 Å².